The number of sulfonamides is 1. The molecule has 1 aliphatic rings. The molecule has 98 valence electrons. The molecule has 0 spiro atoms. The monoisotopic (exact) mass is 268 g/mol. The SMILES string of the molecule is CCn1cnc(S(=O)(=O)N2CCCC(C#N)C2)c1. The van der Waals surface area contributed by atoms with Crippen LogP contribution in [-0.4, -0.2) is 35.4 Å². The van der Waals surface area contributed by atoms with Crippen LogP contribution in [-0.2, 0) is 16.6 Å². The van der Waals surface area contributed by atoms with E-state index in [1.165, 1.54) is 16.8 Å². The van der Waals surface area contributed by atoms with Gasteiger partial charge in [0.1, 0.15) is 0 Å². The summed E-state index contributed by atoms with van der Waals surface area (Å²) >= 11 is 0. The fourth-order valence-corrected chi connectivity index (χ4v) is 3.50. The van der Waals surface area contributed by atoms with Gasteiger partial charge in [0.25, 0.3) is 10.0 Å². The van der Waals surface area contributed by atoms with Crippen LogP contribution in [0.5, 0.6) is 0 Å². The van der Waals surface area contributed by atoms with E-state index >= 15 is 0 Å². The Hall–Kier alpha value is -1.39. The summed E-state index contributed by atoms with van der Waals surface area (Å²) in [5.41, 5.74) is 0. The van der Waals surface area contributed by atoms with Crippen molar-refractivity contribution >= 4 is 10.0 Å². The third kappa shape index (κ3) is 2.40. The zero-order chi connectivity index (χ0) is 13.2. The molecule has 7 heteroatoms. The summed E-state index contributed by atoms with van der Waals surface area (Å²) in [5, 5.41) is 8.97. The van der Waals surface area contributed by atoms with Gasteiger partial charge < -0.3 is 4.57 Å². The van der Waals surface area contributed by atoms with Crippen LogP contribution in [0, 0.1) is 17.2 Å². The zero-order valence-corrected chi connectivity index (χ0v) is 11.1. The van der Waals surface area contributed by atoms with Gasteiger partial charge in [0.2, 0.25) is 0 Å². The van der Waals surface area contributed by atoms with E-state index in [0.29, 0.717) is 13.1 Å². The van der Waals surface area contributed by atoms with Crippen molar-refractivity contribution in [2.75, 3.05) is 13.1 Å². The molecule has 0 radical (unpaired) electrons. The summed E-state index contributed by atoms with van der Waals surface area (Å²) in [6, 6.07) is 2.14. The Morgan fingerprint density at radius 1 is 1.61 bits per heavy atom. The standard InChI is InChI=1S/C11H16N4O2S/c1-2-14-8-11(13-9-14)18(16,17)15-5-3-4-10(6-12)7-15/h8-10H,2-5,7H2,1H3. The minimum Gasteiger partial charge on any atom is -0.336 e. The largest absolute Gasteiger partial charge is 0.336 e. The number of aromatic nitrogens is 2. The second-order valence-corrected chi connectivity index (χ2v) is 6.26. The average Bonchev–Trinajstić information content (AvgIpc) is 2.88. The Labute approximate surface area is 107 Å². The van der Waals surface area contributed by atoms with Crippen molar-refractivity contribution in [1.82, 2.24) is 13.9 Å². The maximum Gasteiger partial charge on any atom is 0.262 e. The summed E-state index contributed by atoms with van der Waals surface area (Å²) in [6.45, 7) is 3.35. The highest BCUT2D eigenvalue weighted by Gasteiger charge is 2.31. The summed E-state index contributed by atoms with van der Waals surface area (Å²) in [5.74, 6) is -0.207. The van der Waals surface area contributed by atoms with E-state index < -0.39 is 10.0 Å². The van der Waals surface area contributed by atoms with Gasteiger partial charge >= 0.3 is 0 Å². The minimum absolute atomic E-state index is 0.0722. The Balaban J connectivity index is 2.23. The first-order chi connectivity index (χ1) is 8.57. The van der Waals surface area contributed by atoms with Crippen LogP contribution >= 0.6 is 0 Å². The normalized spacial score (nSPS) is 21.7. The molecule has 0 saturated carbocycles. The molecule has 0 aliphatic carbocycles. The van der Waals surface area contributed by atoms with Crippen LogP contribution in [0.15, 0.2) is 17.6 Å². The lowest BCUT2D eigenvalue weighted by atomic mass is 10.0. The van der Waals surface area contributed by atoms with Gasteiger partial charge in [-0.2, -0.15) is 9.57 Å². The molecule has 1 unspecified atom stereocenters. The summed E-state index contributed by atoms with van der Waals surface area (Å²) in [4.78, 5) is 3.94. The van der Waals surface area contributed by atoms with Crippen LogP contribution < -0.4 is 0 Å². The Kier molecular flexibility index (Phi) is 3.68. The topological polar surface area (TPSA) is 79.0 Å². The molecule has 1 fully saturated rings. The smallest absolute Gasteiger partial charge is 0.262 e. The van der Waals surface area contributed by atoms with Crippen LogP contribution in [0.2, 0.25) is 0 Å². The molecule has 1 saturated heterocycles. The fourth-order valence-electron chi connectivity index (χ4n) is 2.04. The minimum atomic E-state index is -3.54. The molecule has 1 aromatic heterocycles. The van der Waals surface area contributed by atoms with Gasteiger partial charge in [-0.1, -0.05) is 0 Å². The highest BCUT2D eigenvalue weighted by Crippen LogP contribution is 2.22. The van der Waals surface area contributed by atoms with Crippen molar-refractivity contribution in [3.05, 3.63) is 12.5 Å². The number of aryl methyl sites for hydroxylation is 1. The summed E-state index contributed by atoms with van der Waals surface area (Å²) < 4.78 is 27.7. The van der Waals surface area contributed by atoms with Crippen molar-refractivity contribution < 1.29 is 8.42 Å². The molecule has 0 N–H and O–H groups in total. The van der Waals surface area contributed by atoms with Gasteiger partial charge in [0, 0.05) is 25.8 Å². The van der Waals surface area contributed by atoms with E-state index in [9.17, 15) is 8.42 Å². The molecule has 1 aromatic rings. The number of nitrogens with zero attached hydrogens (tertiary/aromatic N) is 4. The molecule has 0 aromatic carbocycles. The number of nitriles is 1. The van der Waals surface area contributed by atoms with Crippen LogP contribution in [0.1, 0.15) is 19.8 Å². The van der Waals surface area contributed by atoms with Gasteiger partial charge in [-0.25, -0.2) is 13.4 Å². The molecular weight excluding hydrogens is 252 g/mol. The zero-order valence-electron chi connectivity index (χ0n) is 10.3. The number of rotatable bonds is 3. The van der Waals surface area contributed by atoms with E-state index in [0.717, 1.165) is 12.8 Å². The van der Waals surface area contributed by atoms with Gasteiger partial charge in [-0.15, -0.1) is 0 Å². The van der Waals surface area contributed by atoms with Crippen molar-refractivity contribution in [1.29, 1.82) is 5.26 Å². The first-order valence-electron chi connectivity index (χ1n) is 5.99. The van der Waals surface area contributed by atoms with E-state index in [1.54, 1.807) is 4.57 Å². The lowest BCUT2D eigenvalue weighted by molar-refractivity contribution is 0.304. The highest BCUT2D eigenvalue weighted by atomic mass is 32.2. The van der Waals surface area contributed by atoms with Crippen LogP contribution in [0.25, 0.3) is 0 Å². The van der Waals surface area contributed by atoms with Crippen molar-refractivity contribution in [3.63, 3.8) is 0 Å². The predicted octanol–water partition coefficient (Wildman–Crippen LogP) is 0.827. The second-order valence-electron chi connectivity index (χ2n) is 4.37. The quantitative estimate of drug-likeness (QED) is 0.813. The lowest BCUT2D eigenvalue weighted by Crippen LogP contribution is -2.39. The lowest BCUT2D eigenvalue weighted by Gasteiger charge is -2.27. The van der Waals surface area contributed by atoms with Gasteiger partial charge in [-0.05, 0) is 19.8 Å². The second kappa shape index (κ2) is 5.08. The first kappa shape index (κ1) is 13.1. The van der Waals surface area contributed by atoms with E-state index in [4.69, 9.17) is 5.26 Å². The Morgan fingerprint density at radius 3 is 3.00 bits per heavy atom. The van der Waals surface area contributed by atoms with E-state index in [1.807, 2.05) is 6.92 Å². The highest BCUT2D eigenvalue weighted by molar-refractivity contribution is 7.89. The maximum absolute atomic E-state index is 12.3. The number of hydrogen-bond acceptors (Lipinski definition) is 4. The Morgan fingerprint density at radius 2 is 2.39 bits per heavy atom. The van der Waals surface area contributed by atoms with Crippen LogP contribution in [0.4, 0.5) is 0 Å². The van der Waals surface area contributed by atoms with Crippen molar-refractivity contribution in [2.24, 2.45) is 5.92 Å². The summed E-state index contributed by atoms with van der Waals surface area (Å²) in [7, 11) is -3.54. The molecule has 2 heterocycles. The van der Waals surface area contributed by atoms with Gasteiger partial charge in [-0.3, -0.25) is 0 Å². The average molecular weight is 268 g/mol. The molecule has 1 aliphatic heterocycles. The molecule has 0 amide bonds. The van der Waals surface area contributed by atoms with Gasteiger partial charge in [0.15, 0.2) is 5.03 Å². The Bertz CT molecular complexity index is 558. The summed E-state index contributed by atoms with van der Waals surface area (Å²) in [6.07, 6.45) is 4.54. The third-order valence-corrected chi connectivity index (χ3v) is 4.90. The number of piperidine rings is 1. The fraction of sp³-hybridized carbons (Fsp3) is 0.636. The maximum atomic E-state index is 12.3. The predicted molar refractivity (Wildman–Crippen MR) is 65.0 cm³/mol. The molecule has 0 bridgehead atoms. The molecule has 1 atom stereocenters. The van der Waals surface area contributed by atoms with Gasteiger partial charge in [0.05, 0.1) is 18.3 Å². The molecular formula is C11H16N4O2S. The third-order valence-electron chi connectivity index (χ3n) is 3.15. The van der Waals surface area contributed by atoms with E-state index in [2.05, 4.69) is 11.1 Å². The first-order valence-corrected chi connectivity index (χ1v) is 7.43. The van der Waals surface area contributed by atoms with Crippen molar-refractivity contribution in [2.45, 2.75) is 31.3 Å². The molecule has 2 rings (SSSR count). The van der Waals surface area contributed by atoms with E-state index in [-0.39, 0.29) is 17.5 Å². The van der Waals surface area contributed by atoms with Crippen molar-refractivity contribution in [3.8, 4) is 6.07 Å². The van der Waals surface area contributed by atoms with Crippen LogP contribution in [0.3, 0.4) is 0 Å². The molecule has 6 nitrogen and oxygen atoms in total. The molecule has 18 heavy (non-hydrogen) atoms. The number of imidazole rings is 1. The number of hydrogen-bond donors (Lipinski definition) is 0.